The van der Waals surface area contributed by atoms with Gasteiger partial charge in [-0.15, -0.1) is 0 Å². The quantitative estimate of drug-likeness (QED) is 0.441. The molecule has 1 heterocycles. The van der Waals surface area contributed by atoms with Crippen LogP contribution in [0.25, 0.3) is 0 Å². The highest BCUT2D eigenvalue weighted by Crippen LogP contribution is 2.29. The molecule has 0 aromatic heterocycles. The fourth-order valence-electron chi connectivity index (χ4n) is 2.75. The topological polar surface area (TPSA) is 128 Å². The summed E-state index contributed by atoms with van der Waals surface area (Å²) in [4.78, 5) is 36.9. The summed E-state index contributed by atoms with van der Waals surface area (Å²) in [6.45, 7) is 9.22. The zero-order valence-corrected chi connectivity index (χ0v) is 18.8. The molecule has 4 N–H and O–H groups in total. The van der Waals surface area contributed by atoms with E-state index in [1.807, 2.05) is 46.8 Å². The zero-order valence-electron chi connectivity index (χ0n) is 18.8. The van der Waals surface area contributed by atoms with Crippen LogP contribution in [0, 0.1) is 12.8 Å². The van der Waals surface area contributed by atoms with Crippen LogP contribution in [0.3, 0.4) is 0 Å². The number of rotatable bonds is 9. The van der Waals surface area contributed by atoms with Crippen LogP contribution in [0.4, 0.5) is 0 Å². The molecule has 1 aromatic carbocycles. The maximum Gasteiger partial charge on any atom is 0.251 e. The van der Waals surface area contributed by atoms with E-state index >= 15 is 0 Å². The lowest BCUT2D eigenvalue weighted by molar-refractivity contribution is -0.131. The maximum absolute atomic E-state index is 12.5. The molecule has 2 atom stereocenters. The van der Waals surface area contributed by atoms with Gasteiger partial charge >= 0.3 is 0 Å². The SMILES string of the molecule is CC.CO.Cc1ccccc1C(=O)NCC(=O)NC(CC(C)C)C(=O)C1(CO)CO1. The van der Waals surface area contributed by atoms with Gasteiger partial charge in [0.1, 0.15) is 0 Å². The first-order valence-corrected chi connectivity index (χ1v) is 10.2. The molecule has 1 aliphatic heterocycles. The molecule has 0 saturated carbocycles. The number of hydrogen-bond donors (Lipinski definition) is 4. The Morgan fingerprint density at radius 3 is 2.20 bits per heavy atom. The fourth-order valence-corrected chi connectivity index (χ4v) is 2.75. The van der Waals surface area contributed by atoms with Crippen molar-refractivity contribution in [2.45, 2.75) is 52.7 Å². The van der Waals surface area contributed by atoms with E-state index in [4.69, 9.17) is 9.84 Å². The minimum absolute atomic E-state index is 0.164. The number of ether oxygens (including phenoxy) is 1. The van der Waals surface area contributed by atoms with Crippen molar-refractivity contribution < 1.29 is 29.3 Å². The molecule has 2 amide bonds. The van der Waals surface area contributed by atoms with Crippen LogP contribution in [-0.4, -0.2) is 66.3 Å². The smallest absolute Gasteiger partial charge is 0.251 e. The van der Waals surface area contributed by atoms with E-state index in [-0.39, 0.29) is 30.8 Å². The Bertz CT molecular complexity index is 686. The van der Waals surface area contributed by atoms with E-state index < -0.39 is 24.2 Å². The number of carbonyl (C=O) groups excluding carboxylic acids is 3. The highest BCUT2D eigenvalue weighted by molar-refractivity contribution is 5.99. The Morgan fingerprint density at radius 1 is 1.17 bits per heavy atom. The average Bonchev–Trinajstić information content (AvgIpc) is 3.55. The van der Waals surface area contributed by atoms with E-state index in [0.717, 1.165) is 12.7 Å². The van der Waals surface area contributed by atoms with E-state index in [0.29, 0.717) is 12.0 Å². The van der Waals surface area contributed by atoms with Gasteiger partial charge in [-0.25, -0.2) is 0 Å². The lowest BCUT2D eigenvalue weighted by atomic mass is 9.93. The molecule has 2 rings (SSSR count). The molecule has 0 radical (unpaired) electrons. The molecular formula is C22H36N2O6. The predicted molar refractivity (Wildman–Crippen MR) is 115 cm³/mol. The Morgan fingerprint density at radius 2 is 1.73 bits per heavy atom. The third kappa shape index (κ3) is 8.22. The fraction of sp³-hybridized carbons (Fsp3) is 0.591. The summed E-state index contributed by atoms with van der Waals surface area (Å²) in [5.74, 6) is -0.963. The van der Waals surface area contributed by atoms with Gasteiger partial charge in [0.05, 0.1) is 25.8 Å². The van der Waals surface area contributed by atoms with Crippen molar-refractivity contribution in [3.63, 3.8) is 0 Å². The molecule has 30 heavy (non-hydrogen) atoms. The molecule has 1 fully saturated rings. The van der Waals surface area contributed by atoms with Gasteiger partial charge in [-0.3, -0.25) is 14.4 Å². The summed E-state index contributed by atoms with van der Waals surface area (Å²) in [6, 6.07) is 6.33. The number of hydrogen-bond acceptors (Lipinski definition) is 6. The predicted octanol–water partition coefficient (Wildman–Crippen LogP) is 1.22. The highest BCUT2D eigenvalue weighted by atomic mass is 16.6. The minimum atomic E-state index is -1.18. The molecule has 1 aliphatic rings. The molecule has 8 heteroatoms. The van der Waals surface area contributed by atoms with Gasteiger partial charge in [-0.1, -0.05) is 45.9 Å². The normalized spacial score (nSPS) is 17.5. The molecule has 1 saturated heterocycles. The molecule has 0 spiro atoms. The molecular weight excluding hydrogens is 388 g/mol. The third-order valence-corrected chi connectivity index (χ3v) is 4.36. The summed E-state index contributed by atoms with van der Waals surface area (Å²) in [7, 11) is 1.00. The largest absolute Gasteiger partial charge is 0.400 e. The number of epoxide rings is 1. The Labute approximate surface area is 179 Å². The molecule has 170 valence electrons. The van der Waals surface area contributed by atoms with Gasteiger partial charge in [0, 0.05) is 12.7 Å². The molecule has 0 aliphatic carbocycles. The van der Waals surface area contributed by atoms with Crippen LogP contribution in [0.2, 0.25) is 0 Å². The monoisotopic (exact) mass is 424 g/mol. The van der Waals surface area contributed by atoms with Gasteiger partial charge in [0.2, 0.25) is 5.91 Å². The first-order valence-electron chi connectivity index (χ1n) is 10.2. The number of Topliss-reactive ketones (excluding diaryl/α,β-unsaturated/α-hetero) is 1. The van der Waals surface area contributed by atoms with E-state index in [1.165, 1.54) is 0 Å². The summed E-state index contributed by atoms with van der Waals surface area (Å²) in [5.41, 5.74) is 0.131. The van der Waals surface area contributed by atoms with Crippen molar-refractivity contribution in [1.29, 1.82) is 0 Å². The molecule has 0 bridgehead atoms. The third-order valence-electron chi connectivity index (χ3n) is 4.36. The maximum atomic E-state index is 12.5. The van der Waals surface area contributed by atoms with Crippen LogP contribution >= 0.6 is 0 Å². The number of nitrogens with one attached hydrogen (secondary N) is 2. The molecule has 1 aromatic rings. The second-order valence-corrected chi connectivity index (χ2v) is 7.05. The van der Waals surface area contributed by atoms with E-state index in [2.05, 4.69) is 10.6 Å². The van der Waals surface area contributed by atoms with Gasteiger partial charge < -0.3 is 25.6 Å². The Balaban J connectivity index is 0.00000198. The number of benzene rings is 1. The number of ketones is 1. The first-order chi connectivity index (χ1) is 14.3. The number of carbonyl (C=O) groups is 3. The van der Waals surface area contributed by atoms with E-state index in [1.54, 1.807) is 12.1 Å². The van der Waals surface area contributed by atoms with Gasteiger partial charge in [0.15, 0.2) is 11.4 Å². The minimum Gasteiger partial charge on any atom is -0.400 e. The summed E-state index contributed by atoms with van der Waals surface area (Å²) >= 11 is 0. The number of aliphatic hydroxyl groups is 2. The van der Waals surface area contributed by atoms with Crippen LogP contribution in [0.1, 0.15) is 50.0 Å². The van der Waals surface area contributed by atoms with Crippen LogP contribution in [-0.2, 0) is 14.3 Å². The van der Waals surface area contributed by atoms with Gasteiger partial charge in [0.25, 0.3) is 5.91 Å². The summed E-state index contributed by atoms with van der Waals surface area (Å²) in [6.07, 6.45) is 0.432. The highest BCUT2D eigenvalue weighted by Gasteiger charge is 2.54. The van der Waals surface area contributed by atoms with Crippen LogP contribution in [0.15, 0.2) is 24.3 Å². The van der Waals surface area contributed by atoms with Crippen molar-refractivity contribution >= 4 is 17.6 Å². The summed E-state index contributed by atoms with van der Waals surface area (Å²) < 4.78 is 5.10. The molecule has 2 unspecified atom stereocenters. The van der Waals surface area contributed by atoms with Crippen LogP contribution < -0.4 is 10.6 Å². The van der Waals surface area contributed by atoms with E-state index in [9.17, 15) is 19.5 Å². The van der Waals surface area contributed by atoms with Crippen LogP contribution in [0.5, 0.6) is 0 Å². The standard InChI is InChI=1S/C19H26N2O5.C2H6.CH4O/c1-12(2)8-15(17(24)19(10-22)11-26-19)21-16(23)9-20-18(25)14-7-5-4-6-13(14)3;2*1-2/h4-7,12,15,22H,8-11H2,1-3H3,(H,20,25)(H,21,23);1-2H3;2H,1H3. The Hall–Kier alpha value is -2.29. The Kier molecular flexibility index (Phi) is 12.8. The van der Waals surface area contributed by atoms with Crippen molar-refractivity contribution in [2.24, 2.45) is 5.92 Å². The molecule has 8 nitrogen and oxygen atoms in total. The number of aryl methyl sites for hydroxylation is 1. The lowest BCUT2D eigenvalue weighted by Crippen LogP contribution is -2.51. The first kappa shape index (κ1) is 27.7. The van der Waals surface area contributed by atoms with Crippen molar-refractivity contribution in [2.75, 3.05) is 26.9 Å². The van der Waals surface area contributed by atoms with Gasteiger partial charge in [-0.2, -0.15) is 0 Å². The van der Waals surface area contributed by atoms with Crippen molar-refractivity contribution in [1.82, 2.24) is 10.6 Å². The van der Waals surface area contributed by atoms with Crippen molar-refractivity contribution in [3.05, 3.63) is 35.4 Å². The van der Waals surface area contributed by atoms with Gasteiger partial charge in [-0.05, 0) is 30.9 Å². The summed E-state index contributed by atoms with van der Waals surface area (Å²) in [5, 5.41) is 21.6. The number of aliphatic hydroxyl groups excluding tert-OH is 2. The number of amides is 2. The van der Waals surface area contributed by atoms with Crippen molar-refractivity contribution in [3.8, 4) is 0 Å². The second-order valence-electron chi connectivity index (χ2n) is 7.05. The average molecular weight is 425 g/mol. The lowest BCUT2D eigenvalue weighted by Gasteiger charge is -2.22. The second kappa shape index (κ2) is 13.8. The zero-order chi connectivity index (χ0) is 23.3.